The fourth-order valence-electron chi connectivity index (χ4n) is 1.05. The highest BCUT2D eigenvalue weighted by Crippen LogP contribution is 2.15. The maximum Gasteiger partial charge on any atom is 0.167 e. The predicted molar refractivity (Wildman–Crippen MR) is 44.0 cm³/mol. The van der Waals surface area contributed by atoms with Crippen molar-refractivity contribution in [1.29, 1.82) is 0 Å². The lowest BCUT2D eigenvalue weighted by Crippen LogP contribution is -2.01. The number of aromatic nitrogens is 2. The van der Waals surface area contributed by atoms with E-state index in [1.165, 1.54) is 6.20 Å². The zero-order valence-electron chi connectivity index (χ0n) is 7.20. The standard InChI is InChI=1S/C8H12N2O2/c1-3-7(12-2)8-9-4-6(5-11)10-8/h4-5,7H,3H2,1-2H3,(H,9,10). The van der Waals surface area contributed by atoms with Crippen molar-refractivity contribution in [2.45, 2.75) is 19.4 Å². The number of H-pyrrole nitrogens is 1. The van der Waals surface area contributed by atoms with Crippen molar-refractivity contribution in [2.75, 3.05) is 7.11 Å². The lowest BCUT2D eigenvalue weighted by Gasteiger charge is -2.08. The van der Waals surface area contributed by atoms with Crippen LogP contribution in [0.25, 0.3) is 0 Å². The monoisotopic (exact) mass is 168 g/mol. The number of hydrogen-bond donors (Lipinski definition) is 1. The third-order valence-electron chi connectivity index (χ3n) is 1.70. The molecule has 0 amide bonds. The lowest BCUT2D eigenvalue weighted by molar-refractivity contribution is 0.0931. The second-order valence-electron chi connectivity index (χ2n) is 2.47. The molecule has 1 atom stereocenters. The van der Waals surface area contributed by atoms with Crippen LogP contribution in [0.15, 0.2) is 6.20 Å². The number of methoxy groups -OCH3 is 1. The number of nitrogens with zero attached hydrogens (tertiary/aromatic N) is 1. The third-order valence-corrected chi connectivity index (χ3v) is 1.70. The minimum absolute atomic E-state index is 0.0429. The number of imidazole rings is 1. The van der Waals surface area contributed by atoms with Crippen LogP contribution in [0.3, 0.4) is 0 Å². The summed E-state index contributed by atoms with van der Waals surface area (Å²) >= 11 is 0. The molecule has 1 N–H and O–H groups in total. The Morgan fingerprint density at radius 1 is 1.83 bits per heavy atom. The highest BCUT2D eigenvalue weighted by molar-refractivity contribution is 5.71. The molecule has 1 aromatic rings. The van der Waals surface area contributed by atoms with E-state index in [0.29, 0.717) is 11.5 Å². The Bertz CT molecular complexity index is 253. The first kappa shape index (κ1) is 8.93. The minimum Gasteiger partial charge on any atom is -0.374 e. The molecule has 0 aliphatic carbocycles. The normalized spacial score (nSPS) is 12.8. The number of aldehydes is 1. The van der Waals surface area contributed by atoms with Crippen molar-refractivity contribution < 1.29 is 9.53 Å². The molecule has 0 aromatic carbocycles. The van der Waals surface area contributed by atoms with Gasteiger partial charge in [-0.05, 0) is 6.42 Å². The van der Waals surface area contributed by atoms with Gasteiger partial charge in [-0.25, -0.2) is 4.98 Å². The van der Waals surface area contributed by atoms with E-state index in [4.69, 9.17) is 4.74 Å². The molecule has 0 saturated carbocycles. The van der Waals surface area contributed by atoms with Gasteiger partial charge >= 0.3 is 0 Å². The number of nitrogens with one attached hydrogen (secondary N) is 1. The second kappa shape index (κ2) is 4.01. The van der Waals surface area contributed by atoms with E-state index in [-0.39, 0.29) is 6.10 Å². The molecule has 1 aromatic heterocycles. The van der Waals surface area contributed by atoms with Crippen LogP contribution in [0.4, 0.5) is 0 Å². The van der Waals surface area contributed by atoms with E-state index < -0.39 is 0 Å². The van der Waals surface area contributed by atoms with Crippen LogP contribution in [0.1, 0.15) is 35.8 Å². The number of hydrogen-bond acceptors (Lipinski definition) is 3. The third kappa shape index (κ3) is 1.71. The van der Waals surface area contributed by atoms with Gasteiger partial charge in [-0.1, -0.05) is 6.92 Å². The summed E-state index contributed by atoms with van der Waals surface area (Å²) in [4.78, 5) is 17.2. The van der Waals surface area contributed by atoms with Gasteiger partial charge in [0.25, 0.3) is 0 Å². The van der Waals surface area contributed by atoms with E-state index in [1.807, 2.05) is 6.92 Å². The van der Waals surface area contributed by atoms with E-state index in [0.717, 1.165) is 12.7 Å². The lowest BCUT2D eigenvalue weighted by atomic mass is 10.3. The summed E-state index contributed by atoms with van der Waals surface area (Å²) in [6.45, 7) is 2.00. The van der Waals surface area contributed by atoms with Gasteiger partial charge in [0.1, 0.15) is 11.9 Å². The molecule has 4 heteroatoms. The Hall–Kier alpha value is -1.16. The highest BCUT2D eigenvalue weighted by atomic mass is 16.5. The van der Waals surface area contributed by atoms with Crippen molar-refractivity contribution >= 4 is 6.29 Å². The number of aromatic amines is 1. The molecular weight excluding hydrogens is 156 g/mol. The highest BCUT2D eigenvalue weighted by Gasteiger charge is 2.10. The van der Waals surface area contributed by atoms with Crippen LogP contribution in [0.5, 0.6) is 0 Å². The number of rotatable bonds is 4. The molecule has 0 aliphatic rings. The van der Waals surface area contributed by atoms with Crippen LogP contribution in [0.2, 0.25) is 0 Å². The molecule has 12 heavy (non-hydrogen) atoms. The first-order valence-corrected chi connectivity index (χ1v) is 3.84. The molecule has 0 spiro atoms. The number of ether oxygens (including phenoxy) is 1. The Kier molecular flexibility index (Phi) is 2.99. The van der Waals surface area contributed by atoms with Gasteiger partial charge in [-0.15, -0.1) is 0 Å². The molecule has 0 radical (unpaired) electrons. The fourth-order valence-corrected chi connectivity index (χ4v) is 1.05. The summed E-state index contributed by atoms with van der Waals surface area (Å²) < 4.78 is 5.13. The maximum atomic E-state index is 10.3. The predicted octanol–water partition coefficient (Wildman–Crippen LogP) is 1.32. The Balaban J connectivity index is 2.79. The SMILES string of the molecule is CCC(OC)c1ncc(C=O)[nH]1. The molecule has 66 valence electrons. The molecular formula is C8H12N2O2. The van der Waals surface area contributed by atoms with E-state index in [9.17, 15) is 4.79 Å². The quantitative estimate of drug-likeness (QED) is 0.690. The number of carbonyl (C=O) groups excluding carboxylic acids is 1. The summed E-state index contributed by atoms with van der Waals surface area (Å²) in [6, 6.07) is 0. The van der Waals surface area contributed by atoms with Crippen LogP contribution in [-0.4, -0.2) is 23.4 Å². The summed E-state index contributed by atoms with van der Waals surface area (Å²) in [5.41, 5.74) is 0.487. The Morgan fingerprint density at radius 3 is 3.00 bits per heavy atom. The van der Waals surface area contributed by atoms with Gasteiger partial charge < -0.3 is 9.72 Å². The van der Waals surface area contributed by atoms with Crippen LogP contribution in [0, 0.1) is 0 Å². The van der Waals surface area contributed by atoms with E-state index in [1.54, 1.807) is 7.11 Å². The smallest absolute Gasteiger partial charge is 0.167 e. The van der Waals surface area contributed by atoms with Crippen LogP contribution in [-0.2, 0) is 4.74 Å². The van der Waals surface area contributed by atoms with Crippen LogP contribution < -0.4 is 0 Å². The first-order chi connectivity index (χ1) is 5.81. The summed E-state index contributed by atoms with van der Waals surface area (Å²) in [5, 5.41) is 0. The number of carbonyl (C=O) groups is 1. The first-order valence-electron chi connectivity index (χ1n) is 3.84. The maximum absolute atomic E-state index is 10.3. The van der Waals surface area contributed by atoms with Gasteiger partial charge in [0, 0.05) is 7.11 Å². The largest absolute Gasteiger partial charge is 0.374 e. The van der Waals surface area contributed by atoms with Gasteiger partial charge in [-0.2, -0.15) is 0 Å². The second-order valence-corrected chi connectivity index (χ2v) is 2.47. The molecule has 4 nitrogen and oxygen atoms in total. The van der Waals surface area contributed by atoms with Crippen LogP contribution >= 0.6 is 0 Å². The van der Waals surface area contributed by atoms with Crippen molar-refractivity contribution in [1.82, 2.24) is 9.97 Å². The van der Waals surface area contributed by atoms with Crippen molar-refractivity contribution in [2.24, 2.45) is 0 Å². The molecule has 0 fully saturated rings. The molecule has 1 rings (SSSR count). The minimum atomic E-state index is -0.0429. The van der Waals surface area contributed by atoms with Gasteiger partial charge in [0.2, 0.25) is 0 Å². The Morgan fingerprint density at radius 2 is 2.58 bits per heavy atom. The molecule has 1 unspecified atom stereocenters. The average Bonchev–Trinajstić information content (AvgIpc) is 2.55. The molecule has 0 saturated heterocycles. The topological polar surface area (TPSA) is 55.0 Å². The zero-order valence-corrected chi connectivity index (χ0v) is 7.20. The van der Waals surface area contributed by atoms with Crippen molar-refractivity contribution in [3.8, 4) is 0 Å². The molecule has 1 heterocycles. The van der Waals surface area contributed by atoms with E-state index >= 15 is 0 Å². The summed E-state index contributed by atoms with van der Waals surface area (Å²) in [5.74, 6) is 0.710. The van der Waals surface area contributed by atoms with Gasteiger partial charge in [-0.3, -0.25) is 4.79 Å². The van der Waals surface area contributed by atoms with E-state index in [2.05, 4.69) is 9.97 Å². The Labute approximate surface area is 71.0 Å². The fraction of sp³-hybridized carbons (Fsp3) is 0.500. The summed E-state index contributed by atoms with van der Waals surface area (Å²) in [7, 11) is 1.62. The summed E-state index contributed by atoms with van der Waals surface area (Å²) in [6.07, 6.45) is 3.03. The zero-order chi connectivity index (χ0) is 8.97. The average molecular weight is 168 g/mol. The van der Waals surface area contributed by atoms with Gasteiger partial charge in [0.05, 0.1) is 11.9 Å². The van der Waals surface area contributed by atoms with Crippen molar-refractivity contribution in [3.63, 3.8) is 0 Å². The molecule has 0 bridgehead atoms. The molecule has 0 aliphatic heterocycles. The van der Waals surface area contributed by atoms with Gasteiger partial charge in [0.15, 0.2) is 6.29 Å². The van der Waals surface area contributed by atoms with Crippen molar-refractivity contribution in [3.05, 3.63) is 17.7 Å².